The van der Waals surface area contributed by atoms with Gasteiger partial charge < -0.3 is 5.32 Å². The van der Waals surface area contributed by atoms with Crippen molar-refractivity contribution in [3.8, 4) is 0 Å². The Balaban J connectivity index is 1.50. The number of anilines is 1. The molecule has 1 heterocycles. The second-order valence-electron chi connectivity index (χ2n) is 7.57. The highest BCUT2D eigenvalue weighted by molar-refractivity contribution is 6.12. The van der Waals surface area contributed by atoms with E-state index in [4.69, 9.17) is 0 Å². The van der Waals surface area contributed by atoms with Gasteiger partial charge in [0, 0.05) is 31.2 Å². The maximum absolute atomic E-state index is 12.0. The van der Waals surface area contributed by atoms with Crippen molar-refractivity contribution in [3.63, 3.8) is 0 Å². The number of rotatable bonds is 13. The Kier molecular flexibility index (Phi) is 9.18. The summed E-state index contributed by atoms with van der Waals surface area (Å²) in [7, 11) is 0. The molecule has 8 nitrogen and oxygen atoms in total. The van der Waals surface area contributed by atoms with Crippen LogP contribution >= 0.6 is 0 Å². The van der Waals surface area contributed by atoms with Gasteiger partial charge >= 0.3 is 0 Å². The molecular formula is C22H29N3O5. The van der Waals surface area contributed by atoms with Crippen molar-refractivity contribution in [2.75, 3.05) is 11.9 Å². The molecular weight excluding hydrogens is 386 g/mol. The maximum atomic E-state index is 12.0. The van der Waals surface area contributed by atoms with Crippen molar-refractivity contribution < 1.29 is 19.3 Å². The van der Waals surface area contributed by atoms with Crippen LogP contribution in [0.25, 0.3) is 0 Å². The van der Waals surface area contributed by atoms with E-state index in [0.29, 0.717) is 13.0 Å². The summed E-state index contributed by atoms with van der Waals surface area (Å²) >= 11 is 0. The Hall–Kier alpha value is -3.03. The zero-order chi connectivity index (χ0) is 21.9. The molecule has 0 saturated carbocycles. The molecule has 1 aromatic carbocycles. The summed E-state index contributed by atoms with van der Waals surface area (Å²) in [6.45, 7) is 2.25. The third-order valence-corrected chi connectivity index (χ3v) is 5.06. The van der Waals surface area contributed by atoms with Gasteiger partial charge in [0.05, 0.1) is 4.92 Å². The number of imide groups is 1. The zero-order valence-electron chi connectivity index (χ0n) is 17.4. The Labute approximate surface area is 176 Å². The first-order valence-electron chi connectivity index (χ1n) is 10.5. The molecule has 3 amide bonds. The molecule has 8 heteroatoms. The van der Waals surface area contributed by atoms with E-state index in [1.807, 2.05) is 0 Å². The number of hydrogen-bond donors (Lipinski definition) is 1. The molecule has 1 aromatic rings. The second kappa shape index (κ2) is 11.8. The molecule has 0 fully saturated rings. The molecule has 1 aliphatic heterocycles. The maximum Gasteiger partial charge on any atom is 0.293 e. The van der Waals surface area contributed by atoms with Crippen LogP contribution in [0.2, 0.25) is 0 Å². The number of unbranched alkanes of at least 4 members (excludes halogenated alkanes) is 7. The first-order valence-corrected chi connectivity index (χ1v) is 10.5. The van der Waals surface area contributed by atoms with Gasteiger partial charge in [0.2, 0.25) is 5.91 Å². The van der Waals surface area contributed by atoms with Crippen LogP contribution in [-0.4, -0.2) is 34.1 Å². The number of nitrogens with one attached hydrogen (secondary N) is 1. The zero-order valence-corrected chi connectivity index (χ0v) is 17.4. The molecule has 0 atom stereocenters. The summed E-state index contributed by atoms with van der Waals surface area (Å²) in [5, 5.41) is 13.7. The van der Waals surface area contributed by atoms with E-state index in [2.05, 4.69) is 5.32 Å². The van der Waals surface area contributed by atoms with Gasteiger partial charge in [-0.25, -0.2) is 0 Å². The van der Waals surface area contributed by atoms with Gasteiger partial charge in [-0.15, -0.1) is 0 Å². The van der Waals surface area contributed by atoms with E-state index in [-0.39, 0.29) is 29.1 Å². The van der Waals surface area contributed by atoms with Crippen LogP contribution in [-0.2, 0) is 14.4 Å². The number of carbonyl (C=O) groups is 3. The lowest BCUT2D eigenvalue weighted by Crippen LogP contribution is -2.30. The molecule has 30 heavy (non-hydrogen) atoms. The molecule has 162 valence electrons. The topological polar surface area (TPSA) is 110 Å². The van der Waals surface area contributed by atoms with Crippen molar-refractivity contribution in [1.82, 2.24) is 4.90 Å². The predicted molar refractivity (Wildman–Crippen MR) is 114 cm³/mol. The highest BCUT2D eigenvalue weighted by atomic mass is 16.6. The smallest absolute Gasteiger partial charge is 0.293 e. The number of hydrogen-bond acceptors (Lipinski definition) is 5. The Morgan fingerprint density at radius 3 is 2.13 bits per heavy atom. The largest absolute Gasteiger partial charge is 0.320 e. The minimum Gasteiger partial charge on any atom is -0.320 e. The highest BCUT2D eigenvalue weighted by Gasteiger charge is 2.22. The number of nitrogens with zero attached hydrogens (tertiary/aromatic N) is 2. The monoisotopic (exact) mass is 415 g/mol. The summed E-state index contributed by atoms with van der Waals surface area (Å²) < 4.78 is 0. The van der Waals surface area contributed by atoms with E-state index in [9.17, 15) is 24.5 Å². The van der Waals surface area contributed by atoms with Gasteiger partial charge in [0.25, 0.3) is 17.5 Å². The van der Waals surface area contributed by atoms with Crippen molar-refractivity contribution in [1.29, 1.82) is 0 Å². The SMILES string of the molecule is Cc1ccc(NC(=O)CCCCCCCCCCN2C(=O)C=CC2=O)c([N+](=O)[O-])c1. The third-order valence-electron chi connectivity index (χ3n) is 5.06. The Bertz CT molecular complexity index is 801. The van der Waals surface area contributed by atoms with Crippen LogP contribution in [0.4, 0.5) is 11.4 Å². The van der Waals surface area contributed by atoms with Gasteiger partial charge in [0.15, 0.2) is 0 Å². The molecule has 0 saturated heterocycles. The lowest BCUT2D eigenvalue weighted by atomic mass is 10.1. The number of nitro groups is 1. The minimum absolute atomic E-state index is 0.0851. The quantitative estimate of drug-likeness (QED) is 0.224. The van der Waals surface area contributed by atoms with Crippen LogP contribution in [0.15, 0.2) is 30.4 Å². The van der Waals surface area contributed by atoms with Crippen LogP contribution in [0.5, 0.6) is 0 Å². The van der Waals surface area contributed by atoms with E-state index >= 15 is 0 Å². The Morgan fingerprint density at radius 1 is 0.967 bits per heavy atom. The van der Waals surface area contributed by atoms with E-state index in [0.717, 1.165) is 56.9 Å². The van der Waals surface area contributed by atoms with Gasteiger partial charge in [-0.1, -0.05) is 44.6 Å². The number of nitro benzene ring substituents is 1. The number of benzene rings is 1. The predicted octanol–water partition coefficient (Wildman–Crippen LogP) is 4.28. The van der Waals surface area contributed by atoms with Crippen LogP contribution in [0.1, 0.15) is 63.4 Å². The first kappa shape index (κ1) is 23.3. The number of carbonyl (C=O) groups excluding carboxylic acids is 3. The third kappa shape index (κ3) is 7.42. The molecule has 0 aliphatic carbocycles. The number of amides is 3. The lowest BCUT2D eigenvalue weighted by Gasteiger charge is -2.13. The fourth-order valence-corrected chi connectivity index (χ4v) is 3.38. The number of aryl methyl sites for hydroxylation is 1. The van der Waals surface area contributed by atoms with Crippen LogP contribution < -0.4 is 5.32 Å². The molecule has 1 aliphatic rings. The normalized spacial score (nSPS) is 13.2. The van der Waals surface area contributed by atoms with Gasteiger partial charge in [-0.05, 0) is 31.4 Å². The van der Waals surface area contributed by atoms with Gasteiger partial charge in [0.1, 0.15) is 5.69 Å². The fraction of sp³-hybridized carbons (Fsp3) is 0.500. The highest BCUT2D eigenvalue weighted by Crippen LogP contribution is 2.25. The average Bonchev–Trinajstić information content (AvgIpc) is 3.02. The molecule has 1 N–H and O–H groups in total. The molecule has 0 radical (unpaired) electrons. The average molecular weight is 415 g/mol. The minimum atomic E-state index is -0.486. The molecule has 0 bridgehead atoms. The second-order valence-corrected chi connectivity index (χ2v) is 7.57. The van der Waals surface area contributed by atoms with Crippen LogP contribution in [0.3, 0.4) is 0 Å². The summed E-state index contributed by atoms with van der Waals surface area (Å²) in [4.78, 5) is 46.8. The van der Waals surface area contributed by atoms with Crippen molar-refractivity contribution in [3.05, 3.63) is 46.0 Å². The summed E-state index contributed by atoms with van der Waals surface area (Å²) in [5.74, 6) is -0.649. The fourth-order valence-electron chi connectivity index (χ4n) is 3.38. The molecule has 0 unspecified atom stereocenters. The summed E-state index contributed by atoms with van der Waals surface area (Å²) in [6, 6.07) is 4.76. The Morgan fingerprint density at radius 2 is 1.53 bits per heavy atom. The summed E-state index contributed by atoms with van der Waals surface area (Å²) in [5.41, 5.74) is 0.927. The lowest BCUT2D eigenvalue weighted by molar-refractivity contribution is -0.384. The molecule has 2 rings (SSSR count). The standard InChI is InChI=1S/C22H29N3O5/c1-17-11-12-18(19(16-17)25(29)30)23-20(26)10-8-6-4-2-3-5-7-9-15-24-21(27)13-14-22(24)28/h11-14,16H,2-10,15H2,1H3,(H,23,26). The van der Waals surface area contributed by atoms with Crippen LogP contribution in [0, 0.1) is 17.0 Å². The van der Waals surface area contributed by atoms with Crippen molar-refractivity contribution in [2.24, 2.45) is 0 Å². The van der Waals surface area contributed by atoms with Crippen molar-refractivity contribution >= 4 is 29.1 Å². The molecule has 0 spiro atoms. The molecule has 0 aromatic heterocycles. The first-order chi connectivity index (χ1) is 14.4. The van der Waals surface area contributed by atoms with E-state index in [1.54, 1.807) is 19.1 Å². The van der Waals surface area contributed by atoms with Gasteiger partial charge in [-0.2, -0.15) is 0 Å². The van der Waals surface area contributed by atoms with Gasteiger partial charge in [-0.3, -0.25) is 29.4 Å². The summed E-state index contributed by atoms with van der Waals surface area (Å²) in [6.07, 6.45) is 10.7. The van der Waals surface area contributed by atoms with E-state index in [1.165, 1.54) is 23.1 Å². The van der Waals surface area contributed by atoms with Crippen molar-refractivity contribution in [2.45, 2.75) is 64.7 Å². The van der Waals surface area contributed by atoms with E-state index < -0.39 is 4.92 Å².